The molecule has 0 saturated carbocycles. The van der Waals surface area contributed by atoms with Crippen LogP contribution in [-0.2, 0) is 0 Å². The SMILES string of the molecule is CCCC[C@H](N)c1c(O)cc(O)cc1O.Cl. The molecule has 0 fully saturated rings. The Labute approximate surface area is 101 Å². The molecule has 0 spiro atoms. The number of benzene rings is 1. The van der Waals surface area contributed by atoms with E-state index in [0.29, 0.717) is 12.0 Å². The summed E-state index contributed by atoms with van der Waals surface area (Å²) in [5.74, 6) is -0.483. The maximum atomic E-state index is 9.54. The summed E-state index contributed by atoms with van der Waals surface area (Å²) in [5, 5.41) is 28.2. The largest absolute Gasteiger partial charge is 0.508 e. The topological polar surface area (TPSA) is 86.7 Å². The van der Waals surface area contributed by atoms with E-state index in [0.717, 1.165) is 12.8 Å². The zero-order valence-corrected chi connectivity index (χ0v) is 10.00. The lowest BCUT2D eigenvalue weighted by atomic mass is 10.00. The van der Waals surface area contributed by atoms with Crippen molar-refractivity contribution in [2.45, 2.75) is 32.2 Å². The van der Waals surface area contributed by atoms with E-state index in [-0.39, 0.29) is 29.7 Å². The minimum atomic E-state index is -0.398. The molecule has 16 heavy (non-hydrogen) atoms. The Kier molecular flexibility index (Phi) is 6.00. The van der Waals surface area contributed by atoms with Crippen molar-refractivity contribution in [2.24, 2.45) is 5.73 Å². The molecule has 0 aliphatic heterocycles. The standard InChI is InChI=1S/C11H17NO3.ClH/c1-2-3-4-8(12)11-9(14)5-7(13)6-10(11)15;/h5-6,8,13-15H,2-4,12H2,1H3;1H/t8-;/m0./s1. The van der Waals surface area contributed by atoms with Gasteiger partial charge in [-0.15, -0.1) is 12.4 Å². The smallest absolute Gasteiger partial charge is 0.127 e. The number of halogens is 1. The van der Waals surface area contributed by atoms with Gasteiger partial charge in [-0.2, -0.15) is 0 Å². The minimum absolute atomic E-state index is 0. The molecule has 0 bridgehead atoms. The molecule has 0 aromatic heterocycles. The van der Waals surface area contributed by atoms with E-state index in [2.05, 4.69) is 0 Å². The second-order valence-electron chi connectivity index (χ2n) is 3.65. The summed E-state index contributed by atoms with van der Waals surface area (Å²) in [7, 11) is 0. The Balaban J connectivity index is 0.00000225. The normalized spacial score (nSPS) is 11.9. The Bertz CT molecular complexity index is 321. The molecule has 1 atom stereocenters. The first-order valence-corrected chi connectivity index (χ1v) is 5.06. The molecule has 1 rings (SSSR count). The number of phenolic OH excluding ortho intramolecular Hbond substituents is 3. The molecule has 0 saturated heterocycles. The van der Waals surface area contributed by atoms with Gasteiger partial charge in [0.2, 0.25) is 0 Å². The van der Waals surface area contributed by atoms with Crippen LogP contribution in [0.25, 0.3) is 0 Å². The van der Waals surface area contributed by atoms with E-state index < -0.39 is 6.04 Å². The molecule has 0 aliphatic carbocycles. The van der Waals surface area contributed by atoms with E-state index in [4.69, 9.17) is 10.8 Å². The number of hydrogen-bond acceptors (Lipinski definition) is 4. The molecule has 0 amide bonds. The lowest BCUT2D eigenvalue weighted by molar-refractivity contribution is 0.408. The Hall–Kier alpha value is -1.13. The second kappa shape index (κ2) is 6.45. The average molecular weight is 248 g/mol. The molecule has 0 radical (unpaired) electrons. The third kappa shape index (κ3) is 3.47. The zero-order chi connectivity index (χ0) is 11.4. The van der Waals surface area contributed by atoms with Crippen LogP contribution in [0, 0.1) is 0 Å². The second-order valence-corrected chi connectivity index (χ2v) is 3.65. The Morgan fingerprint density at radius 3 is 2.12 bits per heavy atom. The summed E-state index contributed by atoms with van der Waals surface area (Å²) in [6.45, 7) is 2.04. The predicted octanol–water partition coefficient (Wildman–Crippen LogP) is 2.42. The average Bonchev–Trinajstić information content (AvgIpc) is 2.12. The van der Waals surface area contributed by atoms with E-state index in [1.807, 2.05) is 6.92 Å². The molecule has 0 aliphatic rings. The van der Waals surface area contributed by atoms with Crippen LogP contribution in [0.4, 0.5) is 0 Å². The van der Waals surface area contributed by atoms with E-state index in [9.17, 15) is 10.2 Å². The molecule has 4 nitrogen and oxygen atoms in total. The van der Waals surface area contributed by atoms with E-state index in [1.54, 1.807) is 0 Å². The number of hydrogen-bond donors (Lipinski definition) is 4. The molecular formula is C11H18ClNO3. The lowest BCUT2D eigenvalue weighted by Crippen LogP contribution is -2.10. The highest BCUT2D eigenvalue weighted by Crippen LogP contribution is 2.37. The van der Waals surface area contributed by atoms with E-state index in [1.165, 1.54) is 12.1 Å². The van der Waals surface area contributed by atoms with Crippen LogP contribution < -0.4 is 5.73 Å². The summed E-state index contributed by atoms with van der Waals surface area (Å²) in [5.41, 5.74) is 6.14. The first kappa shape index (κ1) is 14.9. The van der Waals surface area contributed by atoms with Gasteiger partial charge in [0.15, 0.2) is 0 Å². The van der Waals surface area contributed by atoms with E-state index >= 15 is 0 Å². The van der Waals surface area contributed by atoms with Crippen LogP contribution in [0.5, 0.6) is 17.2 Å². The van der Waals surface area contributed by atoms with Gasteiger partial charge in [-0.1, -0.05) is 19.8 Å². The van der Waals surface area contributed by atoms with Crippen molar-refractivity contribution in [3.63, 3.8) is 0 Å². The van der Waals surface area contributed by atoms with Crippen molar-refractivity contribution in [1.29, 1.82) is 0 Å². The zero-order valence-electron chi connectivity index (χ0n) is 9.18. The van der Waals surface area contributed by atoms with Gasteiger partial charge < -0.3 is 21.1 Å². The third-order valence-electron chi connectivity index (χ3n) is 2.36. The summed E-state index contributed by atoms with van der Waals surface area (Å²) >= 11 is 0. The van der Waals surface area contributed by atoms with Crippen LogP contribution in [0.3, 0.4) is 0 Å². The highest BCUT2D eigenvalue weighted by atomic mass is 35.5. The Morgan fingerprint density at radius 1 is 1.19 bits per heavy atom. The maximum Gasteiger partial charge on any atom is 0.127 e. The summed E-state index contributed by atoms with van der Waals surface area (Å²) < 4.78 is 0. The molecular weight excluding hydrogens is 230 g/mol. The van der Waals surface area contributed by atoms with Gasteiger partial charge in [0, 0.05) is 18.2 Å². The van der Waals surface area contributed by atoms with Gasteiger partial charge in [0.25, 0.3) is 0 Å². The van der Waals surface area contributed by atoms with Gasteiger partial charge in [0.05, 0.1) is 5.56 Å². The van der Waals surface area contributed by atoms with Gasteiger partial charge in [-0.25, -0.2) is 0 Å². The lowest BCUT2D eigenvalue weighted by Gasteiger charge is -2.15. The summed E-state index contributed by atoms with van der Waals surface area (Å²) in [6, 6.07) is 1.97. The number of phenols is 3. The first-order chi connectivity index (χ1) is 7.06. The summed E-state index contributed by atoms with van der Waals surface area (Å²) in [6.07, 6.45) is 2.64. The van der Waals surface area contributed by atoms with Crippen molar-refractivity contribution < 1.29 is 15.3 Å². The fourth-order valence-electron chi connectivity index (χ4n) is 1.56. The molecule has 0 heterocycles. The van der Waals surface area contributed by atoms with Crippen molar-refractivity contribution in [2.75, 3.05) is 0 Å². The fourth-order valence-corrected chi connectivity index (χ4v) is 1.56. The van der Waals surface area contributed by atoms with Crippen molar-refractivity contribution in [3.05, 3.63) is 17.7 Å². The van der Waals surface area contributed by atoms with Crippen molar-refractivity contribution in [3.8, 4) is 17.2 Å². The van der Waals surface area contributed by atoms with Gasteiger partial charge in [-0.05, 0) is 6.42 Å². The predicted molar refractivity (Wildman–Crippen MR) is 65.1 cm³/mol. The number of rotatable bonds is 4. The third-order valence-corrected chi connectivity index (χ3v) is 2.36. The van der Waals surface area contributed by atoms with Crippen LogP contribution in [0.2, 0.25) is 0 Å². The number of nitrogens with two attached hydrogens (primary N) is 1. The van der Waals surface area contributed by atoms with Crippen molar-refractivity contribution >= 4 is 12.4 Å². The molecule has 1 aromatic rings. The minimum Gasteiger partial charge on any atom is -0.508 e. The molecule has 1 aromatic carbocycles. The molecule has 92 valence electrons. The molecule has 5 heteroatoms. The van der Waals surface area contributed by atoms with Crippen LogP contribution in [0.1, 0.15) is 37.8 Å². The van der Waals surface area contributed by atoms with Crippen LogP contribution in [0.15, 0.2) is 12.1 Å². The van der Waals surface area contributed by atoms with Crippen LogP contribution in [-0.4, -0.2) is 15.3 Å². The quantitative estimate of drug-likeness (QED) is 0.658. The fraction of sp³-hybridized carbons (Fsp3) is 0.455. The van der Waals surface area contributed by atoms with Gasteiger partial charge in [-0.3, -0.25) is 0 Å². The number of unbranched alkanes of at least 4 members (excludes halogenated alkanes) is 1. The maximum absolute atomic E-state index is 9.54. The van der Waals surface area contributed by atoms with Gasteiger partial charge in [0.1, 0.15) is 17.2 Å². The number of aromatic hydroxyl groups is 3. The highest BCUT2D eigenvalue weighted by molar-refractivity contribution is 5.85. The first-order valence-electron chi connectivity index (χ1n) is 5.06. The summed E-state index contributed by atoms with van der Waals surface area (Å²) in [4.78, 5) is 0. The van der Waals surface area contributed by atoms with Gasteiger partial charge >= 0.3 is 0 Å². The highest BCUT2D eigenvalue weighted by Gasteiger charge is 2.16. The molecule has 5 N–H and O–H groups in total. The molecule has 0 unspecified atom stereocenters. The Morgan fingerprint density at radius 2 is 1.69 bits per heavy atom. The van der Waals surface area contributed by atoms with Crippen LogP contribution >= 0.6 is 12.4 Å². The monoisotopic (exact) mass is 247 g/mol. The van der Waals surface area contributed by atoms with Crippen molar-refractivity contribution in [1.82, 2.24) is 0 Å².